The van der Waals surface area contributed by atoms with Crippen LogP contribution in [0.25, 0.3) is 5.69 Å². The Morgan fingerprint density at radius 1 is 1.30 bits per heavy atom. The van der Waals surface area contributed by atoms with E-state index >= 15 is 0 Å². The molecule has 0 aliphatic heterocycles. The van der Waals surface area contributed by atoms with Crippen molar-refractivity contribution in [2.45, 2.75) is 18.8 Å². The van der Waals surface area contributed by atoms with Crippen molar-refractivity contribution in [2.24, 2.45) is 0 Å². The number of aldehydes is 1. The van der Waals surface area contributed by atoms with Gasteiger partial charge in [0.05, 0.1) is 19.9 Å². The molecule has 2 aromatic rings. The molecule has 0 bridgehead atoms. The number of nitrogens with zero attached hydrogens (tertiary/aromatic N) is 3. The van der Waals surface area contributed by atoms with Crippen LogP contribution in [0.2, 0.25) is 0 Å². The van der Waals surface area contributed by atoms with E-state index in [-0.39, 0.29) is 0 Å². The Hall–Kier alpha value is -2.37. The third-order valence-electron chi connectivity index (χ3n) is 3.42. The molecular weight excluding hydrogens is 258 g/mol. The monoisotopic (exact) mass is 273 g/mol. The van der Waals surface area contributed by atoms with Crippen molar-refractivity contribution in [1.82, 2.24) is 15.0 Å². The highest BCUT2D eigenvalue weighted by Gasteiger charge is 2.32. The molecule has 1 aliphatic rings. The van der Waals surface area contributed by atoms with Crippen molar-refractivity contribution in [1.29, 1.82) is 0 Å². The minimum Gasteiger partial charge on any atom is -0.497 e. The van der Waals surface area contributed by atoms with Gasteiger partial charge >= 0.3 is 0 Å². The van der Waals surface area contributed by atoms with E-state index in [1.165, 1.54) is 0 Å². The lowest BCUT2D eigenvalue weighted by molar-refractivity contribution is 0.111. The predicted molar refractivity (Wildman–Crippen MR) is 71.8 cm³/mol. The molecule has 3 rings (SSSR count). The third-order valence-corrected chi connectivity index (χ3v) is 3.42. The van der Waals surface area contributed by atoms with Crippen molar-refractivity contribution in [3.63, 3.8) is 0 Å². The number of hydrogen-bond donors (Lipinski definition) is 0. The van der Waals surface area contributed by atoms with Gasteiger partial charge in [0.2, 0.25) is 0 Å². The number of hydrogen-bond acceptors (Lipinski definition) is 5. The van der Waals surface area contributed by atoms with Crippen LogP contribution >= 0.6 is 0 Å². The maximum absolute atomic E-state index is 11.1. The summed E-state index contributed by atoms with van der Waals surface area (Å²) in [5.41, 5.74) is 2.03. The van der Waals surface area contributed by atoms with Gasteiger partial charge in [-0.05, 0) is 25.0 Å². The highest BCUT2D eigenvalue weighted by molar-refractivity contribution is 5.74. The fourth-order valence-corrected chi connectivity index (χ4v) is 2.26. The van der Waals surface area contributed by atoms with Gasteiger partial charge in [0, 0.05) is 12.0 Å². The van der Waals surface area contributed by atoms with Gasteiger partial charge < -0.3 is 9.47 Å². The lowest BCUT2D eigenvalue weighted by atomic mass is 10.2. The summed E-state index contributed by atoms with van der Waals surface area (Å²) in [7, 11) is 3.19. The summed E-state index contributed by atoms with van der Waals surface area (Å²) in [5.74, 6) is 1.69. The van der Waals surface area contributed by atoms with Crippen molar-refractivity contribution in [3.8, 4) is 17.2 Å². The molecule has 0 unspecified atom stereocenters. The zero-order chi connectivity index (χ0) is 14.1. The maximum atomic E-state index is 11.1. The van der Waals surface area contributed by atoms with E-state index in [4.69, 9.17) is 9.47 Å². The second-order valence-corrected chi connectivity index (χ2v) is 4.70. The van der Waals surface area contributed by atoms with Crippen molar-refractivity contribution in [2.75, 3.05) is 14.2 Å². The first kappa shape index (κ1) is 12.7. The van der Waals surface area contributed by atoms with Gasteiger partial charge in [-0.1, -0.05) is 5.21 Å². The van der Waals surface area contributed by atoms with Crippen LogP contribution in [-0.2, 0) is 0 Å². The average Bonchev–Trinajstić information content (AvgIpc) is 3.25. The van der Waals surface area contributed by atoms with Crippen molar-refractivity contribution >= 4 is 6.29 Å². The van der Waals surface area contributed by atoms with Gasteiger partial charge in [-0.15, -0.1) is 5.10 Å². The zero-order valence-electron chi connectivity index (χ0n) is 11.4. The number of carbonyl (C=O) groups excluding carboxylic acids is 1. The summed E-state index contributed by atoms with van der Waals surface area (Å²) >= 11 is 0. The topological polar surface area (TPSA) is 66.2 Å². The van der Waals surface area contributed by atoms with E-state index < -0.39 is 0 Å². The lowest BCUT2D eigenvalue weighted by Crippen LogP contribution is -2.05. The van der Waals surface area contributed by atoms with Crippen LogP contribution in [0.1, 0.15) is 34.9 Å². The molecule has 1 aromatic carbocycles. The summed E-state index contributed by atoms with van der Waals surface area (Å²) in [5, 5.41) is 8.05. The number of methoxy groups -OCH3 is 2. The Bertz CT molecular complexity index is 647. The third kappa shape index (κ3) is 2.03. The largest absolute Gasteiger partial charge is 0.497 e. The van der Waals surface area contributed by atoms with Crippen LogP contribution in [0.4, 0.5) is 0 Å². The van der Waals surface area contributed by atoms with Crippen LogP contribution in [0, 0.1) is 0 Å². The Morgan fingerprint density at radius 3 is 2.70 bits per heavy atom. The summed E-state index contributed by atoms with van der Waals surface area (Å²) in [6, 6.07) is 5.47. The lowest BCUT2D eigenvalue weighted by Gasteiger charge is -2.12. The van der Waals surface area contributed by atoms with E-state index in [2.05, 4.69) is 10.3 Å². The standard InChI is InChI=1S/C14H15N3O3/c1-19-10-5-6-12(13(7-10)20-2)17-14(9-3-4-9)11(8-18)15-16-17/h5-9H,3-4H2,1-2H3. The van der Waals surface area contributed by atoms with E-state index in [9.17, 15) is 4.79 Å². The molecule has 6 heteroatoms. The second kappa shape index (κ2) is 4.96. The molecule has 1 heterocycles. The van der Waals surface area contributed by atoms with Gasteiger partial charge in [-0.3, -0.25) is 4.79 Å². The fourth-order valence-electron chi connectivity index (χ4n) is 2.26. The summed E-state index contributed by atoms with van der Waals surface area (Å²) < 4.78 is 12.3. The molecule has 20 heavy (non-hydrogen) atoms. The van der Waals surface area contributed by atoms with Crippen LogP contribution < -0.4 is 9.47 Å². The first-order valence-electron chi connectivity index (χ1n) is 6.41. The molecule has 1 aliphatic carbocycles. The molecule has 0 amide bonds. The molecular formula is C14H15N3O3. The molecule has 1 saturated carbocycles. The Morgan fingerprint density at radius 2 is 2.10 bits per heavy atom. The van der Waals surface area contributed by atoms with Crippen LogP contribution in [0.15, 0.2) is 18.2 Å². The smallest absolute Gasteiger partial charge is 0.172 e. The highest BCUT2D eigenvalue weighted by atomic mass is 16.5. The van der Waals surface area contributed by atoms with E-state index in [0.717, 1.165) is 30.5 Å². The van der Waals surface area contributed by atoms with Gasteiger partial charge in [-0.2, -0.15) is 0 Å². The Labute approximate surface area is 116 Å². The van der Waals surface area contributed by atoms with Gasteiger partial charge in [-0.25, -0.2) is 4.68 Å². The normalized spacial score (nSPS) is 14.1. The number of benzene rings is 1. The summed E-state index contributed by atoms with van der Waals surface area (Å²) in [6.07, 6.45) is 2.88. The molecule has 0 N–H and O–H groups in total. The second-order valence-electron chi connectivity index (χ2n) is 4.70. The van der Waals surface area contributed by atoms with Crippen molar-refractivity contribution in [3.05, 3.63) is 29.6 Å². The highest BCUT2D eigenvalue weighted by Crippen LogP contribution is 2.42. The maximum Gasteiger partial charge on any atom is 0.172 e. The van der Waals surface area contributed by atoms with Gasteiger partial charge in [0.15, 0.2) is 6.29 Å². The first-order chi connectivity index (χ1) is 9.78. The van der Waals surface area contributed by atoms with Crippen LogP contribution in [0.3, 0.4) is 0 Å². The van der Waals surface area contributed by atoms with E-state index in [1.54, 1.807) is 25.0 Å². The fraction of sp³-hybridized carbons (Fsp3) is 0.357. The molecule has 0 spiro atoms. The summed E-state index contributed by atoms with van der Waals surface area (Å²) in [6.45, 7) is 0. The summed E-state index contributed by atoms with van der Waals surface area (Å²) in [4.78, 5) is 11.1. The Kier molecular flexibility index (Phi) is 3.14. The zero-order valence-corrected chi connectivity index (χ0v) is 11.4. The minimum atomic E-state index is 0.358. The number of aromatic nitrogens is 3. The predicted octanol–water partition coefficient (Wildman–Crippen LogP) is 1.97. The number of carbonyl (C=O) groups is 1. The van der Waals surface area contributed by atoms with Crippen LogP contribution in [-0.4, -0.2) is 35.5 Å². The quantitative estimate of drug-likeness (QED) is 0.779. The van der Waals surface area contributed by atoms with E-state index in [0.29, 0.717) is 23.1 Å². The molecule has 1 fully saturated rings. The van der Waals surface area contributed by atoms with Crippen molar-refractivity contribution < 1.29 is 14.3 Å². The van der Waals surface area contributed by atoms with Crippen LogP contribution in [0.5, 0.6) is 11.5 Å². The molecule has 0 radical (unpaired) electrons. The molecule has 1 aromatic heterocycles. The Balaban J connectivity index is 2.13. The number of rotatable bonds is 5. The van der Waals surface area contributed by atoms with E-state index in [1.807, 2.05) is 12.1 Å². The van der Waals surface area contributed by atoms with Gasteiger partial charge in [0.25, 0.3) is 0 Å². The molecule has 6 nitrogen and oxygen atoms in total. The number of ether oxygens (including phenoxy) is 2. The average molecular weight is 273 g/mol. The minimum absolute atomic E-state index is 0.358. The molecule has 0 saturated heterocycles. The SMILES string of the molecule is COc1ccc(-n2nnc(C=O)c2C2CC2)c(OC)c1. The van der Waals surface area contributed by atoms with Gasteiger partial charge in [0.1, 0.15) is 22.9 Å². The molecule has 0 atom stereocenters. The molecule has 104 valence electrons. The first-order valence-corrected chi connectivity index (χ1v) is 6.41.